The van der Waals surface area contributed by atoms with Crippen molar-refractivity contribution in [1.82, 2.24) is 0 Å². The van der Waals surface area contributed by atoms with Gasteiger partial charge in [0, 0.05) is 6.42 Å². The summed E-state index contributed by atoms with van der Waals surface area (Å²) in [6.07, 6.45) is 11.8. The Kier molecular flexibility index (Phi) is 10.8. The van der Waals surface area contributed by atoms with Gasteiger partial charge < -0.3 is 20.1 Å². The number of unbranched alkanes of at least 4 members (excludes halogenated alkanes) is 6. The van der Waals surface area contributed by atoms with E-state index in [0.717, 1.165) is 19.3 Å². The van der Waals surface area contributed by atoms with Crippen LogP contribution in [0.3, 0.4) is 0 Å². The summed E-state index contributed by atoms with van der Waals surface area (Å²) in [5, 5.41) is 11.8. The van der Waals surface area contributed by atoms with Gasteiger partial charge in [0.05, 0.1) is 21.1 Å². The highest BCUT2D eigenvalue weighted by Crippen LogP contribution is 2.26. The molecule has 0 aromatic heterocycles. The van der Waals surface area contributed by atoms with Crippen LogP contribution in [0.5, 0.6) is 0 Å². The normalized spacial score (nSPS) is 14.7. The van der Waals surface area contributed by atoms with Gasteiger partial charge >= 0.3 is 0 Å². The van der Waals surface area contributed by atoms with Crippen LogP contribution in [-0.2, 0) is 9.59 Å². The van der Waals surface area contributed by atoms with Crippen molar-refractivity contribution in [3.63, 3.8) is 0 Å². The molecule has 0 saturated heterocycles. The molecule has 0 aliphatic heterocycles. The molecule has 0 heterocycles. The SMILES string of the molecule is CCCCCCCCC=CC(=O)C(CCCN)(C(=O)[O-])[N+](C)(C)C. The number of nitrogens with two attached hydrogens (primary N) is 1. The second-order valence-corrected chi connectivity index (χ2v) is 7.38. The number of hydrogen-bond acceptors (Lipinski definition) is 4. The molecule has 0 rings (SSSR count). The average molecular weight is 341 g/mol. The molecule has 24 heavy (non-hydrogen) atoms. The molecule has 5 nitrogen and oxygen atoms in total. The van der Waals surface area contributed by atoms with Crippen LogP contribution in [0, 0.1) is 0 Å². The Bertz CT molecular complexity index is 413. The summed E-state index contributed by atoms with van der Waals surface area (Å²) >= 11 is 0. The molecule has 0 bridgehead atoms. The predicted molar refractivity (Wildman–Crippen MR) is 96.2 cm³/mol. The van der Waals surface area contributed by atoms with E-state index in [1.54, 1.807) is 27.2 Å². The molecule has 0 spiro atoms. The molecule has 5 heteroatoms. The Balaban J connectivity index is 4.77. The number of carboxylic acid groups (broad SMARTS) is 1. The van der Waals surface area contributed by atoms with Crippen molar-refractivity contribution in [3.05, 3.63) is 12.2 Å². The molecule has 2 N–H and O–H groups in total. The number of carbonyl (C=O) groups is 2. The molecule has 0 amide bonds. The van der Waals surface area contributed by atoms with E-state index >= 15 is 0 Å². The largest absolute Gasteiger partial charge is 0.543 e. The van der Waals surface area contributed by atoms with E-state index < -0.39 is 17.3 Å². The topological polar surface area (TPSA) is 83.2 Å². The van der Waals surface area contributed by atoms with E-state index in [-0.39, 0.29) is 10.9 Å². The molecule has 1 atom stereocenters. The highest BCUT2D eigenvalue weighted by Gasteiger charge is 2.49. The molecule has 0 aromatic rings. The second kappa shape index (κ2) is 11.4. The van der Waals surface area contributed by atoms with Crippen LogP contribution in [-0.4, -0.2) is 49.5 Å². The molecule has 0 aliphatic carbocycles. The van der Waals surface area contributed by atoms with E-state index in [4.69, 9.17) is 5.73 Å². The van der Waals surface area contributed by atoms with Gasteiger partial charge in [-0.25, -0.2) is 0 Å². The minimum Gasteiger partial charge on any atom is -0.543 e. The monoisotopic (exact) mass is 340 g/mol. The summed E-state index contributed by atoms with van der Waals surface area (Å²) in [6.45, 7) is 2.54. The van der Waals surface area contributed by atoms with Crippen LogP contribution in [0.15, 0.2) is 12.2 Å². The lowest BCUT2D eigenvalue weighted by Crippen LogP contribution is -2.70. The van der Waals surface area contributed by atoms with Crippen molar-refractivity contribution >= 4 is 11.8 Å². The lowest BCUT2D eigenvalue weighted by atomic mass is 9.84. The van der Waals surface area contributed by atoms with Crippen LogP contribution < -0.4 is 10.8 Å². The van der Waals surface area contributed by atoms with Crippen molar-refractivity contribution in [3.8, 4) is 0 Å². The fraction of sp³-hybridized carbons (Fsp3) is 0.789. The number of nitrogens with zero attached hydrogens (tertiary/aromatic N) is 1. The molecule has 0 fully saturated rings. The Labute approximate surface area is 147 Å². The smallest absolute Gasteiger partial charge is 0.221 e. The van der Waals surface area contributed by atoms with E-state index in [9.17, 15) is 14.7 Å². The molecular weight excluding hydrogens is 304 g/mol. The minimum absolute atomic E-state index is 0.00444. The Morgan fingerprint density at radius 2 is 1.62 bits per heavy atom. The first-order chi connectivity index (χ1) is 11.2. The van der Waals surface area contributed by atoms with Crippen molar-refractivity contribution in [2.75, 3.05) is 27.7 Å². The zero-order valence-electron chi connectivity index (χ0n) is 16.0. The summed E-state index contributed by atoms with van der Waals surface area (Å²) in [5.41, 5.74) is 3.95. The van der Waals surface area contributed by atoms with E-state index in [0.29, 0.717) is 13.0 Å². The number of ketones is 1. The zero-order valence-corrected chi connectivity index (χ0v) is 16.0. The molecule has 1 unspecified atom stereocenters. The molecule has 140 valence electrons. The number of quaternary nitrogens is 1. The summed E-state index contributed by atoms with van der Waals surface area (Å²) in [5.74, 6) is -1.72. The van der Waals surface area contributed by atoms with Gasteiger partial charge in [-0.15, -0.1) is 0 Å². The molecular formula is C19H36N2O3. The molecule has 0 radical (unpaired) electrons. The van der Waals surface area contributed by atoms with Crippen molar-refractivity contribution in [2.45, 2.75) is 70.3 Å². The van der Waals surface area contributed by atoms with Crippen LogP contribution in [0.4, 0.5) is 0 Å². The highest BCUT2D eigenvalue weighted by molar-refractivity contribution is 6.11. The molecule has 0 aromatic carbocycles. The van der Waals surface area contributed by atoms with E-state index in [1.807, 2.05) is 0 Å². The summed E-state index contributed by atoms with van der Waals surface area (Å²) in [4.78, 5) is 24.5. The van der Waals surface area contributed by atoms with Gasteiger partial charge in [0.1, 0.15) is 5.97 Å². The van der Waals surface area contributed by atoms with Gasteiger partial charge in [0.2, 0.25) is 11.3 Å². The van der Waals surface area contributed by atoms with Crippen molar-refractivity contribution < 1.29 is 19.2 Å². The lowest BCUT2D eigenvalue weighted by molar-refractivity contribution is -0.905. The van der Waals surface area contributed by atoms with Crippen LogP contribution in [0.2, 0.25) is 0 Å². The summed E-state index contributed by atoms with van der Waals surface area (Å²) in [6, 6.07) is 0. The Hall–Kier alpha value is -1.20. The fourth-order valence-corrected chi connectivity index (χ4v) is 2.99. The first-order valence-electron chi connectivity index (χ1n) is 9.18. The molecule has 0 aliphatic rings. The van der Waals surface area contributed by atoms with Crippen LogP contribution in [0.25, 0.3) is 0 Å². The number of allylic oxidation sites excluding steroid dienone is 1. The number of rotatable bonds is 14. The van der Waals surface area contributed by atoms with Gasteiger partial charge in [0.15, 0.2) is 0 Å². The minimum atomic E-state index is -1.57. The van der Waals surface area contributed by atoms with Gasteiger partial charge in [-0.05, 0) is 31.9 Å². The maximum absolute atomic E-state index is 12.7. The third-order valence-corrected chi connectivity index (χ3v) is 4.63. The van der Waals surface area contributed by atoms with E-state index in [2.05, 4.69) is 6.92 Å². The number of aliphatic carboxylic acids is 1. The van der Waals surface area contributed by atoms with Crippen LogP contribution >= 0.6 is 0 Å². The second-order valence-electron chi connectivity index (χ2n) is 7.38. The highest BCUT2D eigenvalue weighted by atomic mass is 16.4. The first-order valence-corrected chi connectivity index (χ1v) is 9.18. The quantitative estimate of drug-likeness (QED) is 0.226. The predicted octanol–water partition coefficient (Wildman–Crippen LogP) is 1.80. The summed E-state index contributed by atoms with van der Waals surface area (Å²) in [7, 11) is 5.14. The number of carbonyl (C=O) groups excluding carboxylic acids is 2. The van der Waals surface area contributed by atoms with Crippen molar-refractivity contribution in [2.24, 2.45) is 5.73 Å². The van der Waals surface area contributed by atoms with Gasteiger partial charge in [-0.3, -0.25) is 4.79 Å². The average Bonchev–Trinajstić information content (AvgIpc) is 2.49. The van der Waals surface area contributed by atoms with Gasteiger partial charge in [-0.1, -0.05) is 45.1 Å². The standard InChI is InChI=1S/C19H36N2O3/c1-5-6-7-8-9-10-11-12-14-17(22)19(18(23)24,15-13-16-20)21(2,3)4/h12,14H,5-11,13,15-16,20H2,1-4H3. The first kappa shape index (κ1) is 22.8. The van der Waals surface area contributed by atoms with E-state index in [1.165, 1.54) is 31.8 Å². The Morgan fingerprint density at radius 1 is 1.04 bits per heavy atom. The third-order valence-electron chi connectivity index (χ3n) is 4.63. The van der Waals surface area contributed by atoms with Gasteiger partial charge in [0.25, 0.3) is 0 Å². The zero-order chi connectivity index (χ0) is 18.6. The maximum Gasteiger partial charge on any atom is 0.221 e. The number of carboxylic acids is 1. The number of likely N-dealkylation sites (N-methyl/N-ethyl adjacent to an activating group) is 1. The third kappa shape index (κ3) is 6.73. The fourth-order valence-electron chi connectivity index (χ4n) is 2.99. The Morgan fingerprint density at radius 3 is 2.12 bits per heavy atom. The number of hydrogen-bond donors (Lipinski definition) is 1. The van der Waals surface area contributed by atoms with Gasteiger partial charge in [-0.2, -0.15) is 0 Å². The lowest BCUT2D eigenvalue weighted by Gasteiger charge is -2.45. The van der Waals surface area contributed by atoms with Crippen LogP contribution in [0.1, 0.15) is 64.7 Å². The summed E-state index contributed by atoms with van der Waals surface area (Å²) < 4.78 is -0.00444. The molecule has 0 saturated carbocycles. The van der Waals surface area contributed by atoms with Crippen molar-refractivity contribution in [1.29, 1.82) is 0 Å². The maximum atomic E-state index is 12.7.